The Morgan fingerprint density at radius 1 is 0.925 bits per heavy atom. The van der Waals surface area contributed by atoms with Crippen molar-refractivity contribution in [2.24, 2.45) is 0 Å². The van der Waals surface area contributed by atoms with E-state index < -0.39 is 18.3 Å². The van der Waals surface area contributed by atoms with Gasteiger partial charge in [-0.3, -0.25) is 4.90 Å². The quantitative estimate of drug-likeness (QED) is 0.188. The molecule has 0 saturated carbocycles. The van der Waals surface area contributed by atoms with Crippen molar-refractivity contribution < 1.29 is 13.2 Å². The van der Waals surface area contributed by atoms with Crippen LogP contribution in [0, 0.1) is 0 Å². The van der Waals surface area contributed by atoms with Crippen LogP contribution in [0.15, 0.2) is 90.3 Å². The minimum absolute atomic E-state index is 0.334. The van der Waals surface area contributed by atoms with E-state index in [1.807, 2.05) is 46.6 Å². The van der Waals surface area contributed by atoms with Crippen molar-refractivity contribution in [2.75, 3.05) is 39.8 Å². The van der Waals surface area contributed by atoms with Crippen LogP contribution in [0.1, 0.15) is 47.2 Å². The maximum atomic E-state index is 13.9. The zero-order valence-corrected chi connectivity index (χ0v) is 23.8. The molecule has 3 atom stereocenters. The van der Waals surface area contributed by atoms with Crippen LogP contribution in [0.2, 0.25) is 0 Å². The lowest BCUT2D eigenvalue weighted by Gasteiger charge is -2.43. The van der Waals surface area contributed by atoms with Crippen LogP contribution >= 0.6 is 11.3 Å². The lowest BCUT2D eigenvalue weighted by atomic mass is 9.89. The zero-order valence-electron chi connectivity index (χ0n) is 23.0. The number of nitrogens with one attached hydrogen (secondary N) is 1. The first kappa shape index (κ1) is 28.8. The summed E-state index contributed by atoms with van der Waals surface area (Å²) in [4.78, 5) is 5.78. The number of nitrogens with zero attached hydrogens (tertiary/aromatic N) is 2. The molecule has 5 rings (SSSR count). The standard InChI is InChI=1S/C33H38F3N3S/c1-38(22-18-29(30-17-10-24-40-30)28-16-9-14-25-11-5-6-15-27(25)28)20-7-8-21-39-23-19-37-32(33(34,35)36)31(39)26-12-3-2-4-13-26/h2-6,9-17,24,29,31-32,37H,7-8,18-23H2,1H3. The second-order valence-corrected chi connectivity index (χ2v) is 11.8. The maximum Gasteiger partial charge on any atom is 0.405 e. The van der Waals surface area contributed by atoms with Crippen LogP contribution in [0.3, 0.4) is 0 Å². The Hall–Kier alpha value is -2.71. The summed E-state index contributed by atoms with van der Waals surface area (Å²) in [6.45, 7) is 3.52. The van der Waals surface area contributed by atoms with Gasteiger partial charge >= 0.3 is 6.18 Å². The van der Waals surface area contributed by atoms with E-state index in [1.54, 1.807) is 0 Å². The number of benzene rings is 3. The molecule has 1 aromatic heterocycles. The molecule has 40 heavy (non-hydrogen) atoms. The average molecular weight is 566 g/mol. The highest BCUT2D eigenvalue weighted by Crippen LogP contribution is 2.37. The largest absolute Gasteiger partial charge is 0.405 e. The molecule has 1 aliphatic rings. The number of hydrogen-bond acceptors (Lipinski definition) is 4. The van der Waals surface area contributed by atoms with Gasteiger partial charge in [0, 0.05) is 23.9 Å². The molecule has 0 spiro atoms. The highest BCUT2D eigenvalue weighted by Gasteiger charge is 2.48. The van der Waals surface area contributed by atoms with Gasteiger partial charge in [0.2, 0.25) is 0 Å². The first-order chi connectivity index (χ1) is 19.4. The molecule has 3 unspecified atom stereocenters. The zero-order chi connectivity index (χ0) is 28.0. The fraction of sp³-hybridized carbons (Fsp3) is 0.394. The Morgan fingerprint density at radius 3 is 2.48 bits per heavy atom. The predicted molar refractivity (Wildman–Crippen MR) is 160 cm³/mol. The third-order valence-electron chi connectivity index (χ3n) is 8.09. The molecule has 3 aromatic carbocycles. The molecule has 3 nitrogen and oxygen atoms in total. The molecule has 0 aliphatic carbocycles. The molecule has 0 radical (unpaired) electrons. The van der Waals surface area contributed by atoms with Crippen LogP contribution in [-0.2, 0) is 0 Å². The number of thiophene rings is 1. The van der Waals surface area contributed by atoms with E-state index in [0.717, 1.165) is 37.9 Å². The summed E-state index contributed by atoms with van der Waals surface area (Å²) >= 11 is 1.81. The number of piperazine rings is 1. The second kappa shape index (κ2) is 13.3. The molecule has 1 saturated heterocycles. The molecule has 4 aromatic rings. The Labute approximate surface area is 239 Å². The topological polar surface area (TPSA) is 18.5 Å². The van der Waals surface area contributed by atoms with Crippen molar-refractivity contribution in [1.29, 1.82) is 0 Å². The number of hydrogen-bond donors (Lipinski definition) is 1. The fourth-order valence-corrected chi connectivity index (χ4v) is 6.96. The number of fused-ring (bicyclic) bond motifs is 1. The molecule has 212 valence electrons. The van der Waals surface area contributed by atoms with Crippen molar-refractivity contribution in [3.05, 3.63) is 106 Å². The lowest BCUT2D eigenvalue weighted by Crippen LogP contribution is -2.58. The van der Waals surface area contributed by atoms with E-state index in [4.69, 9.17) is 0 Å². The number of alkyl halides is 3. The molecular weight excluding hydrogens is 527 g/mol. The first-order valence-corrected chi connectivity index (χ1v) is 15.1. The van der Waals surface area contributed by atoms with Gasteiger partial charge in [-0.2, -0.15) is 13.2 Å². The fourth-order valence-electron chi connectivity index (χ4n) is 6.08. The second-order valence-electron chi connectivity index (χ2n) is 10.8. The number of halogens is 3. The molecule has 7 heteroatoms. The van der Waals surface area contributed by atoms with Gasteiger partial charge in [0.1, 0.15) is 6.04 Å². The van der Waals surface area contributed by atoms with Crippen molar-refractivity contribution >= 4 is 22.1 Å². The molecule has 1 fully saturated rings. The van der Waals surface area contributed by atoms with E-state index in [0.29, 0.717) is 25.6 Å². The normalized spacial score (nSPS) is 19.3. The summed E-state index contributed by atoms with van der Waals surface area (Å²) in [5, 5.41) is 7.47. The maximum absolute atomic E-state index is 13.9. The van der Waals surface area contributed by atoms with E-state index >= 15 is 0 Å². The number of rotatable bonds is 11. The third kappa shape index (κ3) is 6.95. The number of unbranched alkanes of at least 4 members (excludes halogenated alkanes) is 1. The van der Waals surface area contributed by atoms with E-state index in [1.165, 1.54) is 21.2 Å². The molecule has 1 aliphatic heterocycles. The van der Waals surface area contributed by atoms with Gasteiger partial charge in [-0.1, -0.05) is 78.9 Å². The Balaban J connectivity index is 1.18. The van der Waals surface area contributed by atoms with Gasteiger partial charge in [0.25, 0.3) is 0 Å². The SMILES string of the molecule is CN(CCCCN1CCNC(C(F)(F)F)C1c1ccccc1)CCC(c1cccs1)c1cccc2ccccc12. The molecule has 0 amide bonds. The summed E-state index contributed by atoms with van der Waals surface area (Å²) in [6.07, 6.45) is -1.44. The minimum Gasteiger partial charge on any atom is -0.306 e. The summed E-state index contributed by atoms with van der Waals surface area (Å²) in [5.74, 6) is 0.334. The van der Waals surface area contributed by atoms with E-state index in [9.17, 15) is 13.2 Å². The van der Waals surface area contributed by atoms with Crippen molar-refractivity contribution in [3.8, 4) is 0 Å². The summed E-state index contributed by atoms with van der Waals surface area (Å²) in [5.41, 5.74) is 2.10. The molecule has 0 bridgehead atoms. The highest BCUT2D eigenvalue weighted by molar-refractivity contribution is 7.10. The van der Waals surface area contributed by atoms with Gasteiger partial charge in [-0.05, 0) is 79.3 Å². The average Bonchev–Trinajstić information content (AvgIpc) is 3.50. The van der Waals surface area contributed by atoms with Crippen molar-refractivity contribution in [2.45, 2.75) is 43.4 Å². The summed E-state index contributed by atoms with van der Waals surface area (Å²) in [6, 6.07) is 26.5. The predicted octanol–water partition coefficient (Wildman–Crippen LogP) is 7.71. The smallest absolute Gasteiger partial charge is 0.306 e. The van der Waals surface area contributed by atoms with Crippen molar-refractivity contribution in [3.63, 3.8) is 0 Å². The van der Waals surface area contributed by atoms with Gasteiger partial charge in [0.15, 0.2) is 0 Å². The Bertz CT molecular complexity index is 1320. The Morgan fingerprint density at radius 2 is 1.70 bits per heavy atom. The molecule has 2 heterocycles. The van der Waals surface area contributed by atoms with E-state index in [-0.39, 0.29) is 0 Å². The minimum atomic E-state index is -4.29. The van der Waals surface area contributed by atoms with Crippen LogP contribution < -0.4 is 5.32 Å². The summed E-state index contributed by atoms with van der Waals surface area (Å²) in [7, 11) is 2.16. The third-order valence-corrected chi connectivity index (χ3v) is 9.07. The van der Waals surface area contributed by atoms with Crippen molar-refractivity contribution in [1.82, 2.24) is 15.1 Å². The van der Waals surface area contributed by atoms with Crippen LogP contribution in [0.25, 0.3) is 10.8 Å². The highest BCUT2D eigenvalue weighted by atomic mass is 32.1. The van der Waals surface area contributed by atoms with Gasteiger partial charge < -0.3 is 10.2 Å². The van der Waals surface area contributed by atoms with E-state index in [2.05, 4.69) is 77.2 Å². The Kier molecular flexibility index (Phi) is 9.58. The molecule has 1 N–H and O–H groups in total. The van der Waals surface area contributed by atoms with Crippen LogP contribution in [0.4, 0.5) is 13.2 Å². The van der Waals surface area contributed by atoms with Crippen LogP contribution in [-0.4, -0.2) is 61.8 Å². The van der Waals surface area contributed by atoms with Gasteiger partial charge in [0.05, 0.1) is 6.04 Å². The lowest BCUT2D eigenvalue weighted by molar-refractivity contribution is -0.178. The van der Waals surface area contributed by atoms with Gasteiger partial charge in [-0.15, -0.1) is 11.3 Å². The summed E-state index contributed by atoms with van der Waals surface area (Å²) < 4.78 is 41.7. The van der Waals surface area contributed by atoms with Gasteiger partial charge in [-0.25, -0.2) is 0 Å². The first-order valence-electron chi connectivity index (χ1n) is 14.2. The monoisotopic (exact) mass is 565 g/mol. The molecular formula is C33H38F3N3S. The van der Waals surface area contributed by atoms with Crippen LogP contribution in [0.5, 0.6) is 0 Å².